The molecule has 0 fully saturated rings. The zero-order valence-corrected chi connectivity index (χ0v) is 25.2. The highest BCUT2D eigenvalue weighted by Gasteiger charge is 2.21. The monoisotopic (exact) mass is 566 g/mol. The van der Waals surface area contributed by atoms with Crippen LogP contribution in [0.1, 0.15) is 58.1 Å². The van der Waals surface area contributed by atoms with Crippen LogP contribution < -0.4 is 22.1 Å². The predicted octanol–water partition coefficient (Wildman–Crippen LogP) is 5.59. The third kappa shape index (κ3) is 21.3. The molecular formula is C33H50N4O4. The van der Waals surface area contributed by atoms with Crippen LogP contribution in [-0.4, -0.2) is 36.5 Å². The predicted molar refractivity (Wildman–Crippen MR) is 170 cm³/mol. The number of amides is 3. The highest BCUT2D eigenvalue weighted by atomic mass is 16.5. The van der Waals surface area contributed by atoms with Crippen molar-refractivity contribution >= 4 is 17.9 Å². The number of rotatable bonds is 14. The number of carbonyl (C=O) groups excluding carboxylic acids is 3. The Hall–Kier alpha value is -4.17. The number of primary amides is 1. The molecule has 0 radical (unpaired) electrons. The Labute approximate surface area is 246 Å². The molecule has 2 rings (SSSR count). The number of carbonyl (C=O) groups is 3. The lowest BCUT2D eigenvalue weighted by Crippen LogP contribution is -2.51. The second-order valence-corrected chi connectivity index (χ2v) is 8.10. The van der Waals surface area contributed by atoms with Crippen molar-refractivity contribution < 1.29 is 19.1 Å². The molecule has 41 heavy (non-hydrogen) atoms. The Morgan fingerprint density at radius 3 is 1.85 bits per heavy atom. The second kappa shape index (κ2) is 27.4. The van der Waals surface area contributed by atoms with E-state index >= 15 is 0 Å². The van der Waals surface area contributed by atoms with Gasteiger partial charge in [-0.05, 0) is 36.8 Å². The number of hydrogen-bond acceptors (Lipinski definition) is 5. The van der Waals surface area contributed by atoms with Gasteiger partial charge in [0.25, 0.3) is 0 Å². The highest BCUT2D eigenvalue weighted by molar-refractivity contribution is 5.89. The number of nitrogens with two attached hydrogens (primary N) is 2. The summed E-state index contributed by atoms with van der Waals surface area (Å²) >= 11 is 0. The summed E-state index contributed by atoms with van der Waals surface area (Å²) in [6.45, 7) is 15.5. The van der Waals surface area contributed by atoms with Gasteiger partial charge in [-0.1, -0.05) is 126 Å². The molecule has 0 spiro atoms. The van der Waals surface area contributed by atoms with Crippen LogP contribution in [0.25, 0.3) is 0 Å². The van der Waals surface area contributed by atoms with E-state index in [-0.39, 0.29) is 6.61 Å². The number of alkyl carbamates (subject to hydrolysis) is 1. The number of benzene rings is 2. The maximum Gasteiger partial charge on any atom is 0.407 e. The van der Waals surface area contributed by atoms with E-state index in [1.165, 1.54) is 0 Å². The normalized spacial score (nSPS) is 11.0. The Bertz CT molecular complexity index is 985. The van der Waals surface area contributed by atoms with E-state index in [0.29, 0.717) is 32.2 Å². The molecule has 0 unspecified atom stereocenters. The van der Waals surface area contributed by atoms with E-state index in [2.05, 4.69) is 23.8 Å². The smallest absolute Gasteiger partial charge is 0.407 e. The fourth-order valence-electron chi connectivity index (χ4n) is 3.12. The van der Waals surface area contributed by atoms with Crippen molar-refractivity contribution in [1.29, 1.82) is 0 Å². The van der Waals surface area contributed by atoms with Crippen LogP contribution >= 0.6 is 0 Å². The van der Waals surface area contributed by atoms with Gasteiger partial charge in [0, 0.05) is 6.54 Å². The van der Waals surface area contributed by atoms with Gasteiger partial charge >= 0.3 is 6.09 Å². The molecular weight excluding hydrogens is 516 g/mol. The molecule has 0 aliphatic carbocycles. The van der Waals surface area contributed by atoms with Gasteiger partial charge in [0.1, 0.15) is 12.6 Å². The van der Waals surface area contributed by atoms with E-state index in [0.717, 1.165) is 11.1 Å². The quantitative estimate of drug-likeness (QED) is 0.175. The fourth-order valence-corrected chi connectivity index (χ4v) is 3.12. The SMILES string of the molecule is C=C/C=C\C=C.CC.CC.NC(=O)[C@H](CCCCNC(=O)OCc1ccccc1)NC(=O)[C@@H](N)Cc1ccccc1. The molecule has 0 saturated heterocycles. The largest absolute Gasteiger partial charge is 0.445 e. The summed E-state index contributed by atoms with van der Waals surface area (Å²) in [5.74, 6) is -1.04. The summed E-state index contributed by atoms with van der Waals surface area (Å²) in [6, 6.07) is 17.2. The van der Waals surface area contributed by atoms with Crippen molar-refractivity contribution in [2.45, 2.75) is 72.1 Å². The van der Waals surface area contributed by atoms with Crippen molar-refractivity contribution in [1.82, 2.24) is 10.6 Å². The second-order valence-electron chi connectivity index (χ2n) is 8.10. The standard InChI is InChI=1S/C23H30N4O4.C6H8.2C2H6/c24-19(15-17-9-3-1-4-10-17)22(29)27-20(21(25)28)13-7-8-14-26-23(30)31-16-18-11-5-2-6-12-18;1-3-5-6-4-2;2*1-2/h1-6,9-12,19-20H,7-8,13-16,24H2,(H2,25,28)(H,26,30)(H,27,29);3-6H,1-2H2;2*1-2H3/b;6-5-;;/t19-,20-;;;/m0.../s1. The van der Waals surface area contributed by atoms with E-state index < -0.39 is 30.0 Å². The molecule has 8 nitrogen and oxygen atoms in total. The van der Waals surface area contributed by atoms with E-state index in [1.54, 1.807) is 12.2 Å². The van der Waals surface area contributed by atoms with Gasteiger partial charge in [0.15, 0.2) is 0 Å². The summed E-state index contributed by atoms with van der Waals surface area (Å²) in [6.07, 6.45) is 8.49. The van der Waals surface area contributed by atoms with Gasteiger partial charge in [-0.25, -0.2) is 4.79 Å². The van der Waals surface area contributed by atoms with Crippen LogP contribution in [0.15, 0.2) is 98.1 Å². The molecule has 0 aliphatic rings. The number of hydrogen-bond donors (Lipinski definition) is 4. The lowest BCUT2D eigenvalue weighted by atomic mass is 10.0. The Morgan fingerprint density at radius 2 is 1.37 bits per heavy atom. The van der Waals surface area contributed by atoms with Crippen molar-refractivity contribution in [2.24, 2.45) is 11.5 Å². The zero-order chi connectivity index (χ0) is 31.3. The minimum atomic E-state index is -0.806. The van der Waals surface area contributed by atoms with E-state index in [9.17, 15) is 14.4 Å². The maximum atomic E-state index is 12.3. The molecule has 3 amide bonds. The summed E-state index contributed by atoms with van der Waals surface area (Å²) in [4.78, 5) is 35.7. The third-order valence-corrected chi connectivity index (χ3v) is 5.08. The molecule has 0 aromatic heterocycles. The lowest BCUT2D eigenvalue weighted by molar-refractivity contribution is -0.128. The van der Waals surface area contributed by atoms with Gasteiger partial charge in [-0.15, -0.1) is 0 Å². The van der Waals surface area contributed by atoms with Crippen LogP contribution in [0.4, 0.5) is 4.79 Å². The van der Waals surface area contributed by atoms with Crippen LogP contribution in [0.5, 0.6) is 0 Å². The maximum absolute atomic E-state index is 12.3. The number of unbranched alkanes of at least 4 members (excludes halogenated alkanes) is 1. The molecule has 8 heteroatoms. The average Bonchev–Trinajstić information content (AvgIpc) is 3.01. The van der Waals surface area contributed by atoms with Gasteiger partial charge in [-0.3, -0.25) is 9.59 Å². The van der Waals surface area contributed by atoms with Gasteiger partial charge in [0.05, 0.1) is 6.04 Å². The minimum absolute atomic E-state index is 0.200. The molecule has 2 atom stereocenters. The molecule has 0 heterocycles. The van der Waals surface area contributed by atoms with E-state index in [1.807, 2.05) is 101 Å². The highest BCUT2D eigenvalue weighted by Crippen LogP contribution is 2.05. The molecule has 6 N–H and O–H groups in total. The molecule has 2 aromatic rings. The zero-order valence-electron chi connectivity index (χ0n) is 25.2. The summed E-state index contributed by atoms with van der Waals surface area (Å²) in [5, 5.41) is 5.28. The first-order valence-electron chi connectivity index (χ1n) is 14.1. The average molecular weight is 567 g/mol. The first-order valence-corrected chi connectivity index (χ1v) is 14.1. The van der Waals surface area contributed by atoms with Gasteiger partial charge in [0.2, 0.25) is 11.8 Å². The Morgan fingerprint density at radius 1 is 0.854 bits per heavy atom. The van der Waals surface area contributed by atoms with Crippen molar-refractivity contribution in [3.8, 4) is 0 Å². The van der Waals surface area contributed by atoms with Gasteiger partial charge in [-0.2, -0.15) is 0 Å². The summed E-state index contributed by atoms with van der Waals surface area (Å²) in [5.41, 5.74) is 13.2. The van der Waals surface area contributed by atoms with Crippen LogP contribution in [0.2, 0.25) is 0 Å². The summed E-state index contributed by atoms with van der Waals surface area (Å²) in [7, 11) is 0. The van der Waals surface area contributed by atoms with Crippen LogP contribution in [0, 0.1) is 0 Å². The Kier molecular flexibility index (Phi) is 26.0. The molecule has 2 aromatic carbocycles. The van der Waals surface area contributed by atoms with Crippen molar-refractivity contribution in [2.75, 3.05) is 6.54 Å². The number of ether oxygens (including phenoxy) is 1. The minimum Gasteiger partial charge on any atom is -0.445 e. The molecule has 0 aliphatic heterocycles. The molecule has 0 saturated carbocycles. The first kappa shape index (κ1) is 39.0. The molecule has 0 bridgehead atoms. The van der Waals surface area contributed by atoms with E-state index in [4.69, 9.17) is 16.2 Å². The van der Waals surface area contributed by atoms with Crippen LogP contribution in [0.3, 0.4) is 0 Å². The fraction of sp³-hybridized carbons (Fsp3) is 0.364. The Balaban J connectivity index is 0. The molecule has 226 valence electrons. The van der Waals surface area contributed by atoms with Crippen molar-refractivity contribution in [3.63, 3.8) is 0 Å². The third-order valence-electron chi connectivity index (χ3n) is 5.08. The first-order chi connectivity index (χ1) is 19.9. The van der Waals surface area contributed by atoms with Gasteiger partial charge < -0.3 is 26.8 Å². The lowest BCUT2D eigenvalue weighted by Gasteiger charge is -2.18. The number of allylic oxidation sites excluding steroid dienone is 4. The van der Waals surface area contributed by atoms with Crippen LogP contribution in [-0.2, 0) is 27.4 Å². The topological polar surface area (TPSA) is 137 Å². The summed E-state index contributed by atoms with van der Waals surface area (Å²) < 4.78 is 5.13. The van der Waals surface area contributed by atoms with Crippen molar-refractivity contribution in [3.05, 3.63) is 109 Å². The number of nitrogens with one attached hydrogen (secondary N) is 2.